The van der Waals surface area contributed by atoms with Crippen LogP contribution in [0.4, 0.5) is 0 Å². The summed E-state index contributed by atoms with van der Waals surface area (Å²) in [5.74, 6) is 1.68. The zero-order valence-electron chi connectivity index (χ0n) is 12.9. The van der Waals surface area contributed by atoms with Crippen molar-refractivity contribution in [2.45, 2.75) is 46.1 Å². The van der Waals surface area contributed by atoms with Crippen LogP contribution in [0.1, 0.15) is 36.5 Å². The summed E-state index contributed by atoms with van der Waals surface area (Å²) < 4.78 is 11.5. The Hall–Kier alpha value is -1.06. The highest BCUT2D eigenvalue weighted by molar-refractivity contribution is 5.43. The molecule has 0 amide bonds. The zero-order valence-corrected chi connectivity index (χ0v) is 12.9. The first-order chi connectivity index (χ1) is 9.56. The monoisotopic (exact) mass is 277 g/mol. The lowest BCUT2D eigenvalue weighted by molar-refractivity contribution is 0.0495. The minimum absolute atomic E-state index is 0.197. The van der Waals surface area contributed by atoms with Gasteiger partial charge >= 0.3 is 0 Å². The van der Waals surface area contributed by atoms with Gasteiger partial charge in [-0.2, -0.15) is 0 Å². The van der Waals surface area contributed by atoms with Crippen molar-refractivity contribution in [2.75, 3.05) is 19.8 Å². The summed E-state index contributed by atoms with van der Waals surface area (Å²) in [4.78, 5) is 0. The van der Waals surface area contributed by atoms with E-state index in [0.717, 1.165) is 44.8 Å². The molecule has 1 fully saturated rings. The molecule has 1 aromatic rings. The van der Waals surface area contributed by atoms with Crippen LogP contribution in [0.25, 0.3) is 0 Å². The predicted octanol–water partition coefficient (Wildman–Crippen LogP) is 3.00. The molecular weight excluding hydrogens is 250 g/mol. The Morgan fingerprint density at radius 2 is 1.85 bits per heavy atom. The highest BCUT2D eigenvalue weighted by Gasteiger charge is 2.16. The molecule has 1 unspecified atom stereocenters. The summed E-state index contributed by atoms with van der Waals surface area (Å²) in [5, 5.41) is 0. The first kappa shape index (κ1) is 15.3. The predicted molar refractivity (Wildman–Crippen MR) is 82.3 cm³/mol. The van der Waals surface area contributed by atoms with Crippen molar-refractivity contribution >= 4 is 0 Å². The highest BCUT2D eigenvalue weighted by Crippen LogP contribution is 2.27. The largest absolute Gasteiger partial charge is 0.493 e. The van der Waals surface area contributed by atoms with Gasteiger partial charge in [-0.3, -0.25) is 0 Å². The van der Waals surface area contributed by atoms with Crippen LogP contribution in [-0.2, 0) is 11.2 Å². The topological polar surface area (TPSA) is 44.5 Å². The van der Waals surface area contributed by atoms with Crippen LogP contribution in [0.3, 0.4) is 0 Å². The average Bonchev–Trinajstić information content (AvgIpc) is 2.38. The van der Waals surface area contributed by atoms with E-state index in [9.17, 15) is 0 Å². The van der Waals surface area contributed by atoms with Gasteiger partial charge in [0.25, 0.3) is 0 Å². The molecule has 0 spiro atoms. The van der Waals surface area contributed by atoms with Gasteiger partial charge in [0.2, 0.25) is 0 Å². The lowest BCUT2D eigenvalue weighted by atomic mass is 10.00. The molecule has 0 radical (unpaired) electrons. The Morgan fingerprint density at radius 1 is 1.25 bits per heavy atom. The van der Waals surface area contributed by atoms with Gasteiger partial charge in [0.1, 0.15) is 5.75 Å². The Kier molecular flexibility index (Phi) is 5.44. The number of rotatable bonds is 5. The van der Waals surface area contributed by atoms with Crippen LogP contribution in [0.15, 0.2) is 12.1 Å². The van der Waals surface area contributed by atoms with Gasteiger partial charge in [0, 0.05) is 19.3 Å². The zero-order chi connectivity index (χ0) is 14.5. The Balaban J connectivity index is 2.00. The summed E-state index contributed by atoms with van der Waals surface area (Å²) in [7, 11) is 0. The fourth-order valence-electron chi connectivity index (χ4n) is 2.87. The standard InChI is InChI=1S/C17H27NO2/c1-12-8-16(10-14(3)18)9-13(2)17(12)20-11-15-4-6-19-7-5-15/h8-9,14-15H,4-7,10-11,18H2,1-3H3. The Morgan fingerprint density at radius 3 is 2.40 bits per heavy atom. The van der Waals surface area contributed by atoms with E-state index in [1.807, 2.05) is 6.92 Å². The number of aryl methyl sites for hydroxylation is 2. The van der Waals surface area contributed by atoms with Gasteiger partial charge in [-0.1, -0.05) is 12.1 Å². The SMILES string of the molecule is Cc1cc(CC(C)N)cc(C)c1OCC1CCOCC1. The lowest BCUT2D eigenvalue weighted by Gasteiger charge is -2.23. The van der Waals surface area contributed by atoms with Crippen LogP contribution in [0.5, 0.6) is 5.75 Å². The van der Waals surface area contributed by atoms with Crippen LogP contribution < -0.4 is 10.5 Å². The molecular formula is C17H27NO2. The first-order valence-corrected chi connectivity index (χ1v) is 7.62. The molecule has 3 nitrogen and oxygen atoms in total. The van der Waals surface area contributed by atoms with Crippen LogP contribution in [-0.4, -0.2) is 25.9 Å². The van der Waals surface area contributed by atoms with Gasteiger partial charge in [-0.05, 0) is 62.6 Å². The second-order valence-corrected chi connectivity index (χ2v) is 6.11. The Labute approximate surface area is 122 Å². The number of hydrogen-bond acceptors (Lipinski definition) is 3. The minimum atomic E-state index is 0.197. The molecule has 1 heterocycles. The van der Waals surface area contributed by atoms with Crippen LogP contribution in [0.2, 0.25) is 0 Å². The molecule has 1 aliphatic heterocycles. The maximum Gasteiger partial charge on any atom is 0.125 e. The molecule has 1 aromatic carbocycles. The molecule has 0 bridgehead atoms. The third-order valence-corrected chi connectivity index (χ3v) is 3.88. The molecule has 112 valence electrons. The van der Waals surface area contributed by atoms with Crippen molar-refractivity contribution < 1.29 is 9.47 Å². The number of benzene rings is 1. The maximum absolute atomic E-state index is 6.08. The van der Waals surface area contributed by atoms with E-state index >= 15 is 0 Å². The van der Waals surface area contributed by atoms with E-state index in [0.29, 0.717) is 5.92 Å². The van der Waals surface area contributed by atoms with E-state index < -0.39 is 0 Å². The number of hydrogen-bond donors (Lipinski definition) is 1. The summed E-state index contributed by atoms with van der Waals surface area (Å²) in [6, 6.07) is 4.61. The molecule has 2 N–H and O–H groups in total. The minimum Gasteiger partial charge on any atom is -0.493 e. The number of ether oxygens (including phenoxy) is 2. The van der Waals surface area contributed by atoms with E-state index in [1.54, 1.807) is 0 Å². The molecule has 3 heteroatoms. The van der Waals surface area contributed by atoms with Crippen LogP contribution >= 0.6 is 0 Å². The molecule has 1 aliphatic rings. The molecule has 0 saturated carbocycles. The highest BCUT2D eigenvalue weighted by atomic mass is 16.5. The smallest absolute Gasteiger partial charge is 0.125 e. The van der Waals surface area contributed by atoms with Crippen molar-refractivity contribution in [1.29, 1.82) is 0 Å². The molecule has 0 aliphatic carbocycles. The van der Waals surface area contributed by atoms with E-state index in [1.165, 1.54) is 16.7 Å². The van der Waals surface area contributed by atoms with Crippen molar-refractivity contribution in [1.82, 2.24) is 0 Å². The van der Waals surface area contributed by atoms with Gasteiger partial charge in [0.05, 0.1) is 6.61 Å². The fourth-order valence-corrected chi connectivity index (χ4v) is 2.87. The van der Waals surface area contributed by atoms with Crippen molar-refractivity contribution in [3.63, 3.8) is 0 Å². The van der Waals surface area contributed by atoms with E-state index in [2.05, 4.69) is 26.0 Å². The quantitative estimate of drug-likeness (QED) is 0.900. The molecule has 20 heavy (non-hydrogen) atoms. The van der Waals surface area contributed by atoms with Crippen molar-refractivity contribution in [3.05, 3.63) is 28.8 Å². The second-order valence-electron chi connectivity index (χ2n) is 6.11. The van der Waals surface area contributed by atoms with Gasteiger partial charge < -0.3 is 15.2 Å². The van der Waals surface area contributed by atoms with Gasteiger partial charge in [-0.25, -0.2) is 0 Å². The van der Waals surface area contributed by atoms with Gasteiger partial charge in [-0.15, -0.1) is 0 Å². The summed E-state index contributed by atoms with van der Waals surface area (Å²) in [6.45, 7) is 8.84. The van der Waals surface area contributed by atoms with E-state index in [4.69, 9.17) is 15.2 Å². The summed E-state index contributed by atoms with van der Waals surface area (Å²) in [6.07, 6.45) is 3.14. The van der Waals surface area contributed by atoms with Gasteiger partial charge in [0.15, 0.2) is 0 Å². The normalized spacial score (nSPS) is 18.0. The molecule has 1 atom stereocenters. The fraction of sp³-hybridized carbons (Fsp3) is 0.647. The van der Waals surface area contributed by atoms with Crippen molar-refractivity contribution in [3.8, 4) is 5.75 Å². The lowest BCUT2D eigenvalue weighted by Crippen LogP contribution is -2.22. The third-order valence-electron chi connectivity index (χ3n) is 3.88. The first-order valence-electron chi connectivity index (χ1n) is 7.62. The summed E-state index contributed by atoms with van der Waals surface area (Å²) in [5.41, 5.74) is 9.61. The maximum atomic E-state index is 6.08. The van der Waals surface area contributed by atoms with E-state index in [-0.39, 0.29) is 6.04 Å². The molecule has 2 rings (SSSR count). The number of nitrogens with two attached hydrogens (primary N) is 1. The average molecular weight is 277 g/mol. The van der Waals surface area contributed by atoms with Crippen LogP contribution in [0, 0.1) is 19.8 Å². The Bertz CT molecular complexity index is 414. The molecule has 1 saturated heterocycles. The molecule has 0 aromatic heterocycles. The second kappa shape index (κ2) is 7.09. The van der Waals surface area contributed by atoms with Crippen molar-refractivity contribution in [2.24, 2.45) is 11.7 Å². The summed E-state index contributed by atoms with van der Waals surface area (Å²) >= 11 is 0. The third kappa shape index (κ3) is 4.22.